The fourth-order valence-corrected chi connectivity index (χ4v) is 1.80. The van der Waals surface area contributed by atoms with E-state index in [9.17, 15) is 10.1 Å². The van der Waals surface area contributed by atoms with Crippen LogP contribution in [0.15, 0.2) is 30.5 Å². The Labute approximate surface area is 116 Å². The van der Waals surface area contributed by atoms with Gasteiger partial charge >= 0.3 is 0 Å². The van der Waals surface area contributed by atoms with Crippen molar-refractivity contribution in [3.8, 4) is 0 Å². The first-order valence-corrected chi connectivity index (χ1v) is 6.41. The fraction of sp³-hybridized carbons (Fsp3) is 0.385. The second-order valence-corrected chi connectivity index (χ2v) is 4.83. The van der Waals surface area contributed by atoms with Crippen LogP contribution in [0.5, 0.6) is 0 Å². The van der Waals surface area contributed by atoms with E-state index >= 15 is 0 Å². The summed E-state index contributed by atoms with van der Waals surface area (Å²) in [5, 5.41) is 22.2. The maximum atomic E-state index is 10.9. The Kier molecular flexibility index (Phi) is 4.41. The largest absolute Gasteiger partial charge is 0.309 e. The van der Waals surface area contributed by atoms with Crippen LogP contribution in [0.1, 0.15) is 25.1 Å². The third-order valence-electron chi connectivity index (χ3n) is 2.80. The molecule has 0 unspecified atom stereocenters. The van der Waals surface area contributed by atoms with Crippen molar-refractivity contribution in [2.24, 2.45) is 0 Å². The highest BCUT2D eigenvalue weighted by Gasteiger charge is 2.13. The predicted octanol–water partition coefficient (Wildman–Crippen LogP) is 1.73. The molecule has 1 aromatic carbocycles. The molecule has 0 aliphatic heterocycles. The molecule has 0 saturated heterocycles. The lowest BCUT2D eigenvalue weighted by Crippen LogP contribution is -2.21. The minimum absolute atomic E-state index is 0.102. The maximum absolute atomic E-state index is 10.9. The van der Waals surface area contributed by atoms with Crippen molar-refractivity contribution < 1.29 is 4.92 Å². The summed E-state index contributed by atoms with van der Waals surface area (Å²) < 4.78 is 1.61. The summed E-state index contributed by atoms with van der Waals surface area (Å²) in [5.41, 5.74) is 1.54. The van der Waals surface area contributed by atoms with Gasteiger partial charge in [-0.25, -0.2) is 4.68 Å². The zero-order chi connectivity index (χ0) is 14.5. The summed E-state index contributed by atoms with van der Waals surface area (Å²) in [6.07, 6.45) is 1.80. The van der Waals surface area contributed by atoms with Crippen molar-refractivity contribution in [2.75, 3.05) is 0 Å². The molecule has 0 atom stereocenters. The van der Waals surface area contributed by atoms with Crippen molar-refractivity contribution in [1.29, 1.82) is 0 Å². The van der Waals surface area contributed by atoms with E-state index < -0.39 is 0 Å². The molecular weight excluding hydrogens is 258 g/mol. The van der Waals surface area contributed by atoms with Gasteiger partial charge in [0.15, 0.2) is 0 Å². The number of nitrogens with one attached hydrogen (secondary N) is 1. The number of aromatic nitrogens is 3. The summed E-state index contributed by atoms with van der Waals surface area (Å²) in [6, 6.07) is 7.02. The third kappa shape index (κ3) is 3.61. The lowest BCUT2D eigenvalue weighted by molar-refractivity contribution is -0.385. The molecular formula is C13H17N5O2. The summed E-state index contributed by atoms with van der Waals surface area (Å²) >= 11 is 0. The minimum atomic E-state index is -0.381. The van der Waals surface area contributed by atoms with Crippen LogP contribution in [0.2, 0.25) is 0 Å². The molecule has 0 fully saturated rings. The fourth-order valence-electron chi connectivity index (χ4n) is 1.80. The number of hydrogen-bond acceptors (Lipinski definition) is 5. The molecule has 0 bridgehead atoms. The van der Waals surface area contributed by atoms with Gasteiger partial charge < -0.3 is 5.32 Å². The first-order valence-electron chi connectivity index (χ1n) is 6.41. The zero-order valence-electron chi connectivity index (χ0n) is 11.5. The summed E-state index contributed by atoms with van der Waals surface area (Å²) in [6.45, 7) is 5.08. The van der Waals surface area contributed by atoms with Crippen molar-refractivity contribution in [2.45, 2.75) is 33.0 Å². The first kappa shape index (κ1) is 14.1. The molecule has 7 heteroatoms. The topological polar surface area (TPSA) is 85.9 Å². The number of nitro benzene ring substituents is 1. The highest BCUT2D eigenvalue weighted by atomic mass is 16.6. The van der Waals surface area contributed by atoms with Gasteiger partial charge in [0.05, 0.1) is 28.9 Å². The van der Waals surface area contributed by atoms with Gasteiger partial charge in [-0.05, 0) is 0 Å². The van der Waals surface area contributed by atoms with Crippen molar-refractivity contribution in [3.05, 3.63) is 51.8 Å². The third-order valence-corrected chi connectivity index (χ3v) is 2.80. The number of benzene rings is 1. The standard InChI is InChI=1S/C13H17N5O2/c1-10(2)14-7-12-9-17(16-15-12)8-11-5-3-4-6-13(11)18(19)20/h3-6,9-10,14H,7-8H2,1-2H3. The number of para-hydroxylation sites is 1. The van der Waals surface area contributed by atoms with E-state index in [1.165, 1.54) is 6.07 Å². The number of nitro groups is 1. The van der Waals surface area contributed by atoms with Gasteiger partial charge in [0.2, 0.25) is 0 Å². The van der Waals surface area contributed by atoms with Crippen LogP contribution in [0, 0.1) is 10.1 Å². The molecule has 0 amide bonds. The van der Waals surface area contributed by atoms with Crippen molar-refractivity contribution in [1.82, 2.24) is 20.3 Å². The molecule has 0 saturated carbocycles. The molecule has 2 rings (SSSR count). The Hall–Kier alpha value is -2.28. The van der Waals surface area contributed by atoms with Crippen LogP contribution in [0.25, 0.3) is 0 Å². The Morgan fingerprint density at radius 2 is 2.15 bits per heavy atom. The van der Waals surface area contributed by atoms with E-state index in [0.29, 0.717) is 24.7 Å². The van der Waals surface area contributed by atoms with Crippen LogP contribution < -0.4 is 5.32 Å². The number of rotatable bonds is 6. The molecule has 106 valence electrons. The SMILES string of the molecule is CC(C)NCc1cn(Cc2ccccc2[N+](=O)[O-])nn1. The van der Waals surface area contributed by atoms with Crippen molar-refractivity contribution >= 4 is 5.69 Å². The van der Waals surface area contributed by atoms with Gasteiger partial charge in [0, 0.05) is 18.7 Å². The molecule has 0 aliphatic carbocycles. The molecule has 2 aromatic rings. The molecule has 7 nitrogen and oxygen atoms in total. The zero-order valence-corrected chi connectivity index (χ0v) is 11.5. The molecule has 0 aliphatic rings. The highest BCUT2D eigenvalue weighted by molar-refractivity contribution is 5.39. The van der Waals surface area contributed by atoms with E-state index in [2.05, 4.69) is 29.5 Å². The van der Waals surface area contributed by atoms with Crippen LogP contribution in [0.4, 0.5) is 5.69 Å². The lowest BCUT2D eigenvalue weighted by atomic mass is 10.2. The van der Waals surface area contributed by atoms with E-state index in [0.717, 1.165) is 5.69 Å². The Balaban J connectivity index is 2.09. The monoisotopic (exact) mass is 275 g/mol. The molecule has 1 heterocycles. The maximum Gasteiger partial charge on any atom is 0.274 e. The Morgan fingerprint density at radius 3 is 2.85 bits per heavy atom. The van der Waals surface area contributed by atoms with E-state index in [4.69, 9.17) is 0 Å². The smallest absolute Gasteiger partial charge is 0.274 e. The second kappa shape index (κ2) is 6.25. The molecule has 20 heavy (non-hydrogen) atoms. The molecule has 0 radical (unpaired) electrons. The van der Waals surface area contributed by atoms with Crippen LogP contribution in [0.3, 0.4) is 0 Å². The summed E-state index contributed by atoms with van der Waals surface area (Å²) in [5.74, 6) is 0. The van der Waals surface area contributed by atoms with E-state index in [1.807, 2.05) is 0 Å². The van der Waals surface area contributed by atoms with Gasteiger partial charge in [-0.15, -0.1) is 5.10 Å². The Morgan fingerprint density at radius 1 is 1.40 bits per heavy atom. The molecule has 1 N–H and O–H groups in total. The normalized spacial score (nSPS) is 10.9. The number of nitrogens with zero attached hydrogens (tertiary/aromatic N) is 4. The summed E-state index contributed by atoms with van der Waals surface area (Å²) in [7, 11) is 0. The van der Waals surface area contributed by atoms with Gasteiger partial charge in [0.1, 0.15) is 0 Å². The molecule has 0 spiro atoms. The van der Waals surface area contributed by atoms with Gasteiger partial charge in [-0.1, -0.05) is 37.3 Å². The van der Waals surface area contributed by atoms with Gasteiger partial charge in [-0.2, -0.15) is 0 Å². The lowest BCUT2D eigenvalue weighted by Gasteiger charge is -2.04. The van der Waals surface area contributed by atoms with E-state index in [-0.39, 0.29) is 10.6 Å². The second-order valence-electron chi connectivity index (χ2n) is 4.83. The quantitative estimate of drug-likeness (QED) is 0.641. The van der Waals surface area contributed by atoms with Crippen LogP contribution >= 0.6 is 0 Å². The average Bonchev–Trinajstić information content (AvgIpc) is 2.84. The first-order chi connectivity index (χ1) is 9.56. The average molecular weight is 275 g/mol. The van der Waals surface area contributed by atoms with Crippen molar-refractivity contribution in [3.63, 3.8) is 0 Å². The van der Waals surface area contributed by atoms with Gasteiger partial charge in [0.25, 0.3) is 5.69 Å². The molecule has 1 aromatic heterocycles. The summed E-state index contributed by atoms with van der Waals surface area (Å²) in [4.78, 5) is 10.6. The Bertz CT molecular complexity index is 594. The van der Waals surface area contributed by atoms with Crippen LogP contribution in [-0.4, -0.2) is 26.0 Å². The minimum Gasteiger partial charge on any atom is -0.309 e. The van der Waals surface area contributed by atoms with E-state index in [1.54, 1.807) is 29.1 Å². The predicted molar refractivity (Wildman–Crippen MR) is 74.2 cm³/mol. The van der Waals surface area contributed by atoms with Crippen LogP contribution in [-0.2, 0) is 13.1 Å². The highest BCUT2D eigenvalue weighted by Crippen LogP contribution is 2.18. The number of hydrogen-bond donors (Lipinski definition) is 1. The van der Waals surface area contributed by atoms with Gasteiger partial charge in [-0.3, -0.25) is 10.1 Å².